The Morgan fingerprint density at radius 2 is 1.74 bits per heavy atom. The summed E-state index contributed by atoms with van der Waals surface area (Å²) >= 11 is 0. The van der Waals surface area contributed by atoms with E-state index in [2.05, 4.69) is 17.0 Å². The van der Waals surface area contributed by atoms with Gasteiger partial charge in [-0.1, -0.05) is 32.6 Å². The van der Waals surface area contributed by atoms with Crippen molar-refractivity contribution in [3.8, 4) is 0 Å². The van der Waals surface area contributed by atoms with Gasteiger partial charge >= 0.3 is 12.1 Å². The van der Waals surface area contributed by atoms with Crippen LogP contribution >= 0.6 is 0 Å². The molecule has 0 aromatic rings. The molecule has 0 aliphatic carbocycles. The molecule has 0 unspecified atom stereocenters. The molecule has 0 heterocycles. The Labute approximate surface area is 116 Å². The number of amides is 1. The molecule has 0 saturated carbocycles. The number of carbonyl (C=O) groups is 2. The number of esters is 1. The van der Waals surface area contributed by atoms with Crippen LogP contribution in [-0.2, 0) is 14.3 Å². The van der Waals surface area contributed by atoms with Crippen LogP contribution in [0.3, 0.4) is 0 Å². The number of rotatable bonds is 11. The van der Waals surface area contributed by atoms with E-state index in [4.69, 9.17) is 4.74 Å². The monoisotopic (exact) mass is 273 g/mol. The van der Waals surface area contributed by atoms with Gasteiger partial charge in [0.2, 0.25) is 0 Å². The lowest BCUT2D eigenvalue weighted by atomic mass is 10.2. The first-order chi connectivity index (χ1) is 9.20. The van der Waals surface area contributed by atoms with Crippen LogP contribution in [-0.4, -0.2) is 32.3 Å². The summed E-state index contributed by atoms with van der Waals surface area (Å²) in [5.74, 6) is -0.113. The number of unbranched alkanes of at least 4 members (excludes halogenated alkanes) is 5. The minimum atomic E-state index is -0.411. The summed E-state index contributed by atoms with van der Waals surface area (Å²) in [6.45, 7) is 3.28. The van der Waals surface area contributed by atoms with Crippen LogP contribution in [0.25, 0.3) is 0 Å². The molecule has 5 heteroatoms. The van der Waals surface area contributed by atoms with Gasteiger partial charge in [-0.2, -0.15) is 0 Å². The molecule has 0 aliphatic rings. The number of hydrogen-bond donors (Lipinski definition) is 1. The molecule has 0 spiro atoms. The maximum absolute atomic E-state index is 11.4. The molecule has 0 radical (unpaired) electrons. The zero-order valence-corrected chi connectivity index (χ0v) is 12.2. The Morgan fingerprint density at radius 3 is 2.42 bits per heavy atom. The molecule has 0 aromatic heterocycles. The van der Waals surface area contributed by atoms with Crippen LogP contribution in [0.1, 0.15) is 58.3 Å². The van der Waals surface area contributed by atoms with Gasteiger partial charge in [0.05, 0.1) is 13.7 Å². The van der Waals surface area contributed by atoms with Crippen molar-refractivity contribution >= 4 is 12.1 Å². The Balaban J connectivity index is 3.22. The van der Waals surface area contributed by atoms with Gasteiger partial charge in [-0.15, -0.1) is 0 Å². The fourth-order valence-corrected chi connectivity index (χ4v) is 1.62. The lowest BCUT2D eigenvalue weighted by Crippen LogP contribution is -2.23. The number of methoxy groups -OCH3 is 1. The van der Waals surface area contributed by atoms with E-state index in [1.54, 1.807) is 0 Å². The van der Waals surface area contributed by atoms with Gasteiger partial charge in [0.25, 0.3) is 0 Å². The standard InChI is InChI=1S/C14H27NO4/c1-3-4-5-9-12-19-13(16)10-7-6-8-11-15-14(17)18-2/h3-12H2,1-2H3,(H,15,17). The van der Waals surface area contributed by atoms with E-state index in [9.17, 15) is 9.59 Å². The first kappa shape index (κ1) is 17.7. The van der Waals surface area contributed by atoms with E-state index in [1.165, 1.54) is 20.0 Å². The molecule has 0 fully saturated rings. The second-order valence-electron chi connectivity index (χ2n) is 4.51. The summed E-state index contributed by atoms with van der Waals surface area (Å²) in [7, 11) is 1.34. The maximum Gasteiger partial charge on any atom is 0.406 e. The SMILES string of the molecule is CCCCCCOC(=O)CCCCCNC(=O)OC. The van der Waals surface area contributed by atoms with Crippen LogP contribution in [0.5, 0.6) is 0 Å². The molecular weight excluding hydrogens is 246 g/mol. The molecule has 5 nitrogen and oxygen atoms in total. The summed E-state index contributed by atoms with van der Waals surface area (Å²) in [6.07, 6.45) is 7.08. The van der Waals surface area contributed by atoms with E-state index in [1.807, 2.05) is 0 Å². The fraction of sp³-hybridized carbons (Fsp3) is 0.857. The molecule has 0 saturated heterocycles. The van der Waals surface area contributed by atoms with Crippen molar-refractivity contribution in [2.45, 2.75) is 58.3 Å². The Kier molecular flexibility index (Phi) is 12.3. The van der Waals surface area contributed by atoms with Gasteiger partial charge in [-0.05, 0) is 19.3 Å². The zero-order valence-electron chi connectivity index (χ0n) is 12.2. The number of carbonyl (C=O) groups excluding carboxylic acids is 2. The van der Waals surface area contributed by atoms with E-state index in [0.717, 1.165) is 32.1 Å². The summed E-state index contributed by atoms with van der Waals surface area (Å²) in [5, 5.41) is 2.60. The molecule has 0 rings (SSSR count). The van der Waals surface area contributed by atoms with Crippen molar-refractivity contribution in [1.82, 2.24) is 5.32 Å². The minimum absolute atomic E-state index is 0.113. The van der Waals surface area contributed by atoms with Gasteiger partial charge in [0.1, 0.15) is 0 Å². The lowest BCUT2D eigenvalue weighted by Gasteiger charge is -2.05. The summed E-state index contributed by atoms with van der Waals surface area (Å²) < 4.78 is 9.57. The van der Waals surface area contributed by atoms with Crippen molar-refractivity contribution in [2.24, 2.45) is 0 Å². The molecule has 112 valence electrons. The molecule has 0 atom stereocenters. The third-order valence-electron chi connectivity index (χ3n) is 2.77. The van der Waals surface area contributed by atoms with Gasteiger partial charge in [-0.3, -0.25) is 4.79 Å². The highest BCUT2D eigenvalue weighted by molar-refractivity contribution is 5.69. The van der Waals surface area contributed by atoms with Crippen molar-refractivity contribution in [3.63, 3.8) is 0 Å². The van der Waals surface area contributed by atoms with Crippen molar-refractivity contribution in [3.05, 3.63) is 0 Å². The van der Waals surface area contributed by atoms with E-state index >= 15 is 0 Å². The van der Waals surface area contributed by atoms with Gasteiger partial charge in [0, 0.05) is 13.0 Å². The van der Waals surface area contributed by atoms with Crippen LogP contribution < -0.4 is 5.32 Å². The molecule has 0 bridgehead atoms. The zero-order chi connectivity index (χ0) is 14.3. The van der Waals surface area contributed by atoms with Crippen molar-refractivity contribution < 1.29 is 19.1 Å². The van der Waals surface area contributed by atoms with E-state index in [-0.39, 0.29) is 5.97 Å². The molecule has 0 aromatic carbocycles. The van der Waals surface area contributed by atoms with E-state index in [0.29, 0.717) is 19.6 Å². The highest BCUT2D eigenvalue weighted by Gasteiger charge is 2.02. The predicted octanol–water partition coefficient (Wildman–Crippen LogP) is 3.03. The van der Waals surface area contributed by atoms with Crippen molar-refractivity contribution in [1.29, 1.82) is 0 Å². The van der Waals surface area contributed by atoms with Gasteiger partial charge < -0.3 is 14.8 Å². The molecule has 1 N–H and O–H groups in total. The summed E-state index contributed by atoms with van der Waals surface area (Å²) in [5.41, 5.74) is 0. The largest absolute Gasteiger partial charge is 0.466 e. The third kappa shape index (κ3) is 13.0. The van der Waals surface area contributed by atoms with Crippen LogP contribution in [0.4, 0.5) is 4.79 Å². The van der Waals surface area contributed by atoms with Crippen LogP contribution in [0, 0.1) is 0 Å². The second-order valence-corrected chi connectivity index (χ2v) is 4.51. The smallest absolute Gasteiger partial charge is 0.406 e. The molecular formula is C14H27NO4. The minimum Gasteiger partial charge on any atom is -0.466 e. The quantitative estimate of drug-likeness (QED) is 0.464. The Morgan fingerprint density at radius 1 is 1.00 bits per heavy atom. The third-order valence-corrected chi connectivity index (χ3v) is 2.77. The maximum atomic E-state index is 11.4. The summed E-state index contributed by atoms with van der Waals surface area (Å²) in [6, 6.07) is 0. The number of alkyl carbamates (subject to hydrolysis) is 1. The van der Waals surface area contributed by atoms with Crippen LogP contribution in [0.2, 0.25) is 0 Å². The predicted molar refractivity (Wildman–Crippen MR) is 74.0 cm³/mol. The molecule has 0 aliphatic heterocycles. The number of nitrogens with one attached hydrogen (secondary N) is 1. The average Bonchev–Trinajstić information content (AvgIpc) is 2.42. The van der Waals surface area contributed by atoms with Gasteiger partial charge in [-0.25, -0.2) is 4.79 Å². The molecule has 19 heavy (non-hydrogen) atoms. The topological polar surface area (TPSA) is 64.6 Å². The average molecular weight is 273 g/mol. The molecule has 1 amide bonds. The Hall–Kier alpha value is -1.26. The Bertz CT molecular complexity index is 244. The second kappa shape index (κ2) is 13.2. The number of ether oxygens (including phenoxy) is 2. The van der Waals surface area contributed by atoms with Crippen LogP contribution in [0.15, 0.2) is 0 Å². The fourth-order valence-electron chi connectivity index (χ4n) is 1.62. The number of hydrogen-bond acceptors (Lipinski definition) is 4. The first-order valence-electron chi connectivity index (χ1n) is 7.18. The normalized spacial score (nSPS) is 10.0. The van der Waals surface area contributed by atoms with E-state index < -0.39 is 6.09 Å². The van der Waals surface area contributed by atoms with Crippen molar-refractivity contribution in [2.75, 3.05) is 20.3 Å². The first-order valence-corrected chi connectivity index (χ1v) is 7.18. The lowest BCUT2D eigenvalue weighted by molar-refractivity contribution is -0.143. The summed E-state index contributed by atoms with van der Waals surface area (Å²) in [4.78, 5) is 22.1. The highest BCUT2D eigenvalue weighted by Crippen LogP contribution is 2.03. The highest BCUT2D eigenvalue weighted by atomic mass is 16.5. The van der Waals surface area contributed by atoms with Gasteiger partial charge in [0.15, 0.2) is 0 Å².